The zero-order valence-corrected chi connectivity index (χ0v) is 14.2. The number of rotatable bonds is 6. The van der Waals surface area contributed by atoms with Gasteiger partial charge in [-0.2, -0.15) is 5.10 Å². The van der Waals surface area contributed by atoms with Crippen LogP contribution in [0.25, 0.3) is 11.4 Å². The van der Waals surface area contributed by atoms with Gasteiger partial charge in [0.2, 0.25) is 0 Å². The Morgan fingerprint density at radius 2 is 2.04 bits per heavy atom. The van der Waals surface area contributed by atoms with Crippen molar-refractivity contribution in [2.75, 3.05) is 0 Å². The average Bonchev–Trinajstić information content (AvgIpc) is 3.37. The second-order valence-electron chi connectivity index (χ2n) is 6.03. The van der Waals surface area contributed by atoms with Crippen molar-refractivity contribution in [2.24, 2.45) is 0 Å². The quantitative estimate of drug-likeness (QED) is 0.735. The van der Waals surface area contributed by atoms with E-state index in [1.165, 1.54) is 0 Å². The van der Waals surface area contributed by atoms with Crippen molar-refractivity contribution >= 4 is 9.84 Å². The fraction of sp³-hybridized carbons (Fsp3) is 0.222. The number of ether oxygens (including phenoxy) is 1. The van der Waals surface area contributed by atoms with Gasteiger partial charge in [-0.1, -0.05) is 12.1 Å². The van der Waals surface area contributed by atoms with E-state index in [-0.39, 0.29) is 5.25 Å². The molecule has 1 aliphatic rings. The Bertz CT molecular complexity index is 963. The molecule has 1 aliphatic carbocycles. The Kier molecular flexibility index (Phi) is 4.01. The minimum atomic E-state index is -3.18. The van der Waals surface area contributed by atoms with E-state index < -0.39 is 9.84 Å². The topological polar surface area (TPSA) is 84.9 Å². The van der Waals surface area contributed by atoms with E-state index in [2.05, 4.69) is 15.2 Å². The highest BCUT2D eigenvalue weighted by Gasteiger charge is 2.36. The molecule has 3 aromatic rings. The number of aromatic nitrogens is 3. The molecule has 2 heterocycles. The second-order valence-corrected chi connectivity index (χ2v) is 8.26. The smallest absolute Gasteiger partial charge is 0.181 e. The first-order chi connectivity index (χ1) is 12.1. The molecule has 7 heteroatoms. The molecule has 1 saturated carbocycles. The molecular formula is C18H17N3O3S. The summed E-state index contributed by atoms with van der Waals surface area (Å²) in [5, 5.41) is 6.55. The van der Waals surface area contributed by atoms with E-state index in [9.17, 15) is 8.42 Å². The Hall–Kier alpha value is -2.67. The lowest BCUT2D eigenvalue weighted by atomic mass is 10.2. The van der Waals surface area contributed by atoms with Crippen molar-refractivity contribution in [3.63, 3.8) is 0 Å². The summed E-state index contributed by atoms with van der Waals surface area (Å²) >= 11 is 0. The molecule has 0 saturated heterocycles. The highest BCUT2D eigenvalue weighted by Crippen LogP contribution is 2.33. The number of nitrogens with zero attached hydrogens (tertiary/aromatic N) is 2. The van der Waals surface area contributed by atoms with Crippen molar-refractivity contribution in [3.05, 3.63) is 60.4 Å². The van der Waals surface area contributed by atoms with Crippen molar-refractivity contribution in [2.45, 2.75) is 29.6 Å². The molecule has 1 aromatic carbocycles. The maximum Gasteiger partial charge on any atom is 0.181 e. The molecule has 128 valence electrons. The first-order valence-electron chi connectivity index (χ1n) is 8.04. The second kappa shape index (κ2) is 6.33. The van der Waals surface area contributed by atoms with E-state index in [1.807, 2.05) is 24.3 Å². The maximum absolute atomic E-state index is 12.3. The van der Waals surface area contributed by atoms with Crippen LogP contribution >= 0.6 is 0 Å². The van der Waals surface area contributed by atoms with Crippen LogP contribution in [-0.4, -0.2) is 28.8 Å². The molecule has 0 bridgehead atoms. The summed E-state index contributed by atoms with van der Waals surface area (Å²) in [6.07, 6.45) is 4.83. The van der Waals surface area contributed by atoms with Crippen LogP contribution in [0, 0.1) is 0 Å². The summed E-state index contributed by atoms with van der Waals surface area (Å²) in [7, 11) is -3.18. The summed E-state index contributed by atoms with van der Waals surface area (Å²) in [6.45, 7) is 0.291. The van der Waals surface area contributed by atoms with Gasteiger partial charge in [0.15, 0.2) is 9.84 Å². The molecule has 0 unspecified atom stereocenters. The fourth-order valence-electron chi connectivity index (χ4n) is 2.57. The van der Waals surface area contributed by atoms with Crippen molar-refractivity contribution in [1.29, 1.82) is 0 Å². The molecular weight excluding hydrogens is 338 g/mol. The third kappa shape index (κ3) is 3.41. The van der Waals surface area contributed by atoms with Gasteiger partial charge in [0.1, 0.15) is 12.4 Å². The lowest BCUT2D eigenvalue weighted by Crippen LogP contribution is -2.07. The summed E-state index contributed by atoms with van der Waals surface area (Å²) < 4.78 is 30.3. The van der Waals surface area contributed by atoms with Gasteiger partial charge in [0.25, 0.3) is 0 Å². The zero-order valence-electron chi connectivity index (χ0n) is 13.4. The largest absolute Gasteiger partial charge is 0.487 e. The van der Waals surface area contributed by atoms with Gasteiger partial charge < -0.3 is 4.74 Å². The number of nitrogens with one attached hydrogen (secondary N) is 1. The van der Waals surface area contributed by atoms with Crippen LogP contribution in [0.2, 0.25) is 0 Å². The fourth-order valence-corrected chi connectivity index (χ4v) is 4.30. The van der Waals surface area contributed by atoms with E-state index in [1.54, 1.807) is 30.6 Å². The molecule has 4 rings (SSSR count). The third-order valence-corrected chi connectivity index (χ3v) is 6.37. The minimum absolute atomic E-state index is 0.206. The van der Waals surface area contributed by atoms with Crippen LogP contribution in [0.3, 0.4) is 0 Å². The zero-order chi connectivity index (χ0) is 17.3. The normalized spacial score (nSPS) is 14.4. The maximum atomic E-state index is 12.3. The standard InChI is InChI=1S/C18H17N3O3S/c22-25(23,15-5-6-15)16-3-1-2-13(10-16)12-24-14-4-7-17(19-11-14)18-8-9-20-21-18/h1-4,7-11,15H,5-6,12H2,(H,20,21). The van der Waals surface area contributed by atoms with Crippen LogP contribution < -0.4 is 4.74 Å². The van der Waals surface area contributed by atoms with Crippen LogP contribution in [0.4, 0.5) is 0 Å². The molecule has 2 aromatic heterocycles. The van der Waals surface area contributed by atoms with Crippen LogP contribution in [0.1, 0.15) is 18.4 Å². The number of aromatic amines is 1. The molecule has 0 atom stereocenters. The van der Waals surface area contributed by atoms with Crippen molar-refractivity contribution in [1.82, 2.24) is 15.2 Å². The molecule has 1 N–H and O–H groups in total. The predicted molar refractivity (Wildman–Crippen MR) is 92.8 cm³/mol. The summed E-state index contributed by atoms with van der Waals surface area (Å²) in [4.78, 5) is 4.71. The Labute approximate surface area is 145 Å². The molecule has 0 aliphatic heterocycles. The number of benzene rings is 1. The van der Waals surface area contributed by atoms with E-state index in [0.717, 1.165) is 29.8 Å². The Morgan fingerprint density at radius 1 is 1.16 bits per heavy atom. The van der Waals surface area contributed by atoms with Gasteiger partial charge in [-0.25, -0.2) is 8.42 Å². The van der Waals surface area contributed by atoms with Gasteiger partial charge in [0, 0.05) is 6.20 Å². The molecule has 25 heavy (non-hydrogen) atoms. The van der Waals surface area contributed by atoms with E-state index >= 15 is 0 Å². The Morgan fingerprint density at radius 3 is 2.72 bits per heavy atom. The lowest BCUT2D eigenvalue weighted by molar-refractivity contribution is 0.305. The average molecular weight is 355 g/mol. The molecule has 0 spiro atoms. The number of hydrogen-bond donors (Lipinski definition) is 1. The monoisotopic (exact) mass is 355 g/mol. The summed E-state index contributed by atoms with van der Waals surface area (Å²) in [5.41, 5.74) is 2.44. The number of hydrogen-bond acceptors (Lipinski definition) is 5. The van der Waals surface area contributed by atoms with Crippen LogP contribution in [0.15, 0.2) is 59.8 Å². The first kappa shape index (κ1) is 15.8. The number of sulfone groups is 1. The van der Waals surface area contributed by atoms with E-state index in [0.29, 0.717) is 17.3 Å². The minimum Gasteiger partial charge on any atom is -0.487 e. The van der Waals surface area contributed by atoms with Crippen molar-refractivity contribution in [3.8, 4) is 17.1 Å². The van der Waals surface area contributed by atoms with Crippen LogP contribution in [0.5, 0.6) is 5.75 Å². The summed E-state index contributed by atoms with van der Waals surface area (Å²) in [5.74, 6) is 0.624. The predicted octanol–water partition coefficient (Wildman–Crippen LogP) is 2.99. The summed E-state index contributed by atoms with van der Waals surface area (Å²) in [6, 6.07) is 12.5. The molecule has 0 amide bonds. The molecule has 6 nitrogen and oxygen atoms in total. The van der Waals surface area contributed by atoms with E-state index in [4.69, 9.17) is 4.74 Å². The van der Waals surface area contributed by atoms with Crippen LogP contribution in [-0.2, 0) is 16.4 Å². The number of pyridine rings is 1. The van der Waals surface area contributed by atoms with Gasteiger partial charge in [-0.3, -0.25) is 10.1 Å². The molecule has 1 fully saturated rings. The number of H-pyrrole nitrogens is 1. The van der Waals surface area contributed by atoms with Gasteiger partial charge >= 0.3 is 0 Å². The van der Waals surface area contributed by atoms with Gasteiger partial charge in [-0.05, 0) is 48.7 Å². The first-order valence-corrected chi connectivity index (χ1v) is 9.59. The Balaban J connectivity index is 1.45. The highest BCUT2D eigenvalue weighted by molar-refractivity contribution is 7.92. The lowest BCUT2D eigenvalue weighted by Gasteiger charge is -2.08. The SMILES string of the molecule is O=S(=O)(c1cccc(COc2ccc(-c3ccn[nH]3)nc2)c1)C1CC1. The van der Waals surface area contributed by atoms with Crippen molar-refractivity contribution < 1.29 is 13.2 Å². The van der Waals surface area contributed by atoms with Gasteiger partial charge in [0.05, 0.1) is 27.7 Å². The molecule has 0 radical (unpaired) electrons. The highest BCUT2D eigenvalue weighted by atomic mass is 32.2. The van der Waals surface area contributed by atoms with Gasteiger partial charge in [-0.15, -0.1) is 0 Å². The third-order valence-electron chi connectivity index (χ3n) is 4.11.